The summed E-state index contributed by atoms with van der Waals surface area (Å²) in [7, 11) is 0. The van der Waals surface area contributed by atoms with Crippen molar-refractivity contribution in [1.29, 1.82) is 0 Å². The summed E-state index contributed by atoms with van der Waals surface area (Å²) < 4.78 is 0. The van der Waals surface area contributed by atoms with Crippen molar-refractivity contribution in [2.45, 2.75) is 0 Å². The van der Waals surface area contributed by atoms with Crippen LogP contribution in [0.15, 0.2) is 30.6 Å². The molecule has 0 radical (unpaired) electrons. The molecule has 1 aromatic rings. The summed E-state index contributed by atoms with van der Waals surface area (Å²) in [6.07, 6.45) is 3.50. The smallest absolute Gasteiger partial charge is 0.106 e. The molecule has 0 aliphatic rings. The van der Waals surface area contributed by atoms with Crippen LogP contribution in [0.4, 0.5) is 0 Å². The molecule has 1 aromatic heterocycles. The van der Waals surface area contributed by atoms with E-state index in [0.29, 0.717) is 0 Å². The predicted molar refractivity (Wildman–Crippen MR) is 45.6 cm³/mol. The zero-order chi connectivity index (χ0) is 10.2. The predicted octanol–water partition coefficient (Wildman–Crippen LogP) is 0.524. The van der Waals surface area contributed by atoms with Gasteiger partial charge in [-0.05, 0) is 12.1 Å². The molecule has 1 heterocycles. The first-order chi connectivity index (χ1) is 6.00. The van der Waals surface area contributed by atoms with E-state index in [-0.39, 0.29) is 17.4 Å². The number of hydrogen-bond acceptors (Lipinski definition) is 4. The molecular formula is C8H11CrNO3. The second kappa shape index (κ2) is 45.6. The van der Waals surface area contributed by atoms with Gasteiger partial charge >= 0.3 is 0 Å². The standard InChI is InChI=1S/C5H5N.3CH2O.Cr/c1-2-4-6-5-3-1;3*1-2;/h1-5H;3*1H2;. The second-order valence-electron chi connectivity index (χ2n) is 1.02. The molecule has 0 saturated heterocycles. The molecule has 13 heavy (non-hydrogen) atoms. The van der Waals surface area contributed by atoms with Crippen molar-refractivity contribution in [2.75, 3.05) is 0 Å². The van der Waals surface area contributed by atoms with E-state index in [4.69, 9.17) is 14.4 Å². The van der Waals surface area contributed by atoms with Crippen LogP contribution in [-0.2, 0) is 31.7 Å². The minimum atomic E-state index is 0. The van der Waals surface area contributed by atoms with Gasteiger partial charge in [0.2, 0.25) is 0 Å². The Morgan fingerprint density at radius 1 is 0.692 bits per heavy atom. The molecule has 4 nitrogen and oxygen atoms in total. The summed E-state index contributed by atoms with van der Waals surface area (Å²) in [5, 5.41) is 0. The van der Waals surface area contributed by atoms with Crippen molar-refractivity contribution in [2.24, 2.45) is 0 Å². The maximum atomic E-state index is 8.00. The Hall–Kier alpha value is -1.31. The number of rotatable bonds is 0. The average Bonchev–Trinajstić information content (AvgIpc) is 2.29. The summed E-state index contributed by atoms with van der Waals surface area (Å²) in [4.78, 5) is 27.8. The fraction of sp³-hybridized carbons (Fsp3) is 0. The Bertz CT molecular complexity index is 120. The van der Waals surface area contributed by atoms with Gasteiger partial charge in [0.15, 0.2) is 0 Å². The molecule has 0 aliphatic carbocycles. The normalized spacial score (nSPS) is 4.62. The Balaban J connectivity index is -0.0000000508. The van der Waals surface area contributed by atoms with Gasteiger partial charge in [-0.3, -0.25) is 4.98 Å². The van der Waals surface area contributed by atoms with Crippen LogP contribution in [-0.4, -0.2) is 25.4 Å². The van der Waals surface area contributed by atoms with Gasteiger partial charge in [0, 0.05) is 29.8 Å². The van der Waals surface area contributed by atoms with Crippen LogP contribution < -0.4 is 0 Å². The third kappa shape index (κ3) is 36.7. The van der Waals surface area contributed by atoms with Gasteiger partial charge in [-0.15, -0.1) is 0 Å². The van der Waals surface area contributed by atoms with Gasteiger partial charge in [0.05, 0.1) is 0 Å². The zero-order valence-electron chi connectivity index (χ0n) is 7.09. The second-order valence-corrected chi connectivity index (χ2v) is 1.02. The van der Waals surface area contributed by atoms with Gasteiger partial charge in [-0.25, -0.2) is 0 Å². The van der Waals surface area contributed by atoms with Crippen molar-refractivity contribution in [3.8, 4) is 0 Å². The van der Waals surface area contributed by atoms with Crippen molar-refractivity contribution >= 4 is 20.4 Å². The van der Waals surface area contributed by atoms with Gasteiger partial charge in [-0.2, -0.15) is 0 Å². The SMILES string of the molecule is C=O.C=O.C=O.[Cr].c1ccncc1. The summed E-state index contributed by atoms with van der Waals surface area (Å²) in [5.41, 5.74) is 0. The minimum Gasteiger partial charge on any atom is -0.307 e. The van der Waals surface area contributed by atoms with E-state index in [2.05, 4.69) is 4.98 Å². The molecular weight excluding hydrogens is 210 g/mol. The summed E-state index contributed by atoms with van der Waals surface area (Å²) in [6, 6.07) is 5.72. The zero-order valence-corrected chi connectivity index (χ0v) is 8.36. The maximum absolute atomic E-state index is 8.00. The van der Waals surface area contributed by atoms with Crippen molar-refractivity contribution in [1.82, 2.24) is 4.98 Å². The Morgan fingerprint density at radius 2 is 1.00 bits per heavy atom. The molecule has 0 aliphatic heterocycles. The summed E-state index contributed by atoms with van der Waals surface area (Å²) >= 11 is 0. The fourth-order valence-electron chi connectivity index (χ4n) is 0.313. The monoisotopic (exact) mass is 221 g/mol. The Labute approximate surface area is 88.1 Å². The number of hydrogen-bond donors (Lipinski definition) is 0. The Kier molecular flexibility index (Phi) is 79.3. The molecule has 0 bridgehead atoms. The number of aromatic nitrogens is 1. The van der Waals surface area contributed by atoms with Gasteiger partial charge in [0.25, 0.3) is 0 Å². The van der Waals surface area contributed by atoms with E-state index in [0.717, 1.165) is 0 Å². The number of pyridine rings is 1. The molecule has 0 atom stereocenters. The van der Waals surface area contributed by atoms with E-state index in [1.807, 2.05) is 38.6 Å². The van der Waals surface area contributed by atoms with Crippen LogP contribution >= 0.6 is 0 Å². The third-order valence-corrected chi connectivity index (χ3v) is 0.566. The molecule has 0 spiro atoms. The molecule has 0 aromatic carbocycles. The fourth-order valence-corrected chi connectivity index (χ4v) is 0.313. The van der Waals surface area contributed by atoms with Crippen molar-refractivity contribution < 1.29 is 31.7 Å². The van der Waals surface area contributed by atoms with Crippen molar-refractivity contribution in [3.63, 3.8) is 0 Å². The van der Waals surface area contributed by atoms with Crippen LogP contribution in [0.5, 0.6) is 0 Å². The molecule has 0 fully saturated rings. The largest absolute Gasteiger partial charge is 0.307 e. The molecule has 0 N–H and O–H groups in total. The van der Waals surface area contributed by atoms with Crippen LogP contribution in [0.2, 0.25) is 0 Å². The van der Waals surface area contributed by atoms with E-state index in [1.165, 1.54) is 0 Å². The quantitative estimate of drug-likeness (QED) is 0.640. The van der Waals surface area contributed by atoms with Gasteiger partial charge in [0.1, 0.15) is 20.4 Å². The molecule has 1 rings (SSSR count). The van der Waals surface area contributed by atoms with Crippen LogP contribution in [0.3, 0.4) is 0 Å². The number of carbonyl (C=O) groups is 3. The van der Waals surface area contributed by atoms with E-state index < -0.39 is 0 Å². The first-order valence-electron chi connectivity index (χ1n) is 2.72. The van der Waals surface area contributed by atoms with Crippen molar-refractivity contribution in [3.05, 3.63) is 30.6 Å². The average molecular weight is 221 g/mol. The molecule has 72 valence electrons. The first kappa shape index (κ1) is 22.6. The third-order valence-electron chi connectivity index (χ3n) is 0.566. The van der Waals surface area contributed by atoms with Gasteiger partial charge in [-0.1, -0.05) is 6.07 Å². The van der Waals surface area contributed by atoms with E-state index in [9.17, 15) is 0 Å². The topological polar surface area (TPSA) is 64.1 Å². The van der Waals surface area contributed by atoms with Crippen LogP contribution in [0.25, 0.3) is 0 Å². The summed E-state index contributed by atoms with van der Waals surface area (Å²) in [6.45, 7) is 6.00. The van der Waals surface area contributed by atoms with Crippen LogP contribution in [0.1, 0.15) is 0 Å². The number of carbonyl (C=O) groups excluding carboxylic acids is 3. The van der Waals surface area contributed by atoms with Gasteiger partial charge < -0.3 is 14.4 Å². The first-order valence-corrected chi connectivity index (χ1v) is 2.72. The Morgan fingerprint density at radius 3 is 1.08 bits per heavy atom. The minimum absolute atomic E-state index is 0. The van der Waals surface area contributed by atoms with Crippen LogP contribution in [0, 0.1) is 0 Å². The maximum Gasteiger partial charge on any atom is 0.106 e. The molecule has 0 amide bonds. The molecule has 0 saturated carbocycles. The number of nitrogens with zero attached hydrogens (tertiary/aromatic N) is 1. The summed E-state index contributed by atoms with van der Waals surface area (Å²) in [5.74, 6) is 0. The molecule has 5 heteroatoms. The molecule has 0 unspecified atom stereocenters. The van der Waals surface area contributed by atoms with E-state index >= 15 is 0 Å². The van der Waals surface area contributed by atoms with E-state index in [1.54, 1.807) is 12.4 Å².